The van der Waals surface area contributed by atoms with E-state index >= 15 is 0 Å². The molecule has 0 aromatic heterocycles. The van der Waals surface area contributed by atoms with Crippen LogP contribution in [0.5, 0.6) is 11.5 Å². The lowest BCUT2D eigenvalue weighted by Gasteiger charge is -2.28. The summed E-state index contributed by atoms with van der Waals surface area (Å²) >= 11 is 0. The van der Waals surface area contributed by atoms with Crippen LogP contribution in [-0.2, 0) is 0 Å². The maximum Gasteiger partial charge on any atom is 0.123 e. The van der Waals surface area contributed by atoms with Crippen molar-refractivity contribution in [3.8, 4) is 11.5 Å². The summed E-state index contributed by atoms with van der Waals surface area (Å²) in [4.78, 5) is 0. The van der Waals surface area contributed by atoms with Gasteiger partial charge in [0.1, 0.15) is 18.1 Å². The molecule has 4 nitrogen and oxygen atoms in total. The summed E-state index contributed by atoms with van der Waals surface area (Å²) in [6.07, 6.45) is 2.28. The molecular weight excluding hydrogens is 228 g/mol. The van der Waals surface area contributed by atoms with Crippen LogP contribution in [0.2, 0.25) is 0 Å². The molecule has 0 amide bonds. The molecule has 3 N–H and O–H groups in total. The summed E-state index contributed by atoms with van der Waals surface area (Å²) in [5.41, 5.74) is 6.18. The van der Waals surface area contributed by atoms with Gasteiger partial charge in [0.2, 0.25) is 0 Å². The first-order valence-electron chi connectivity index (χ1n) is 6.53. The number of hydrogen-bond donors (Lipinski definition) is 2. The van der Waals surface area contributed by atoms with Gasteiger partial charge in [0.15, 0.2) is 0 Å². The first kappa shape index (κ1) is 13.2. The van der Waals surface area contributed by atoms with E-state index in [4.69, 9.17) is 15.2 Å². The van der Waals surface area contributed by atoms with E-state index in [-0.39, 0.29) is 6.04 Å². The van der Waals surface area contributed by atoms with E-state index < -0.39 is 0 Å². The number of nitrogens with two attached hydrogens (primary N) is 1. The molecule has 1 aliphatic rings. The fraction of sp³-hybridized carbons (Fsp3) is 0.571. The molecule has 1 heterocycles. The molecule has 0 radical (unpaired) electrons. The van der Waals surface area contributed by atoms with Crippen LogP contribution in [0.1, 0.15) is 12.8 Å². The number of piperidine rings is 1. The molecule has 0 bridgehead atoms. The molecule has 0 saturated carbocycles. The molecule has 1 atom stereocenters. The van der Waals surface area contributed by atoms with E-state index in [9.17, 15) is 0 Å². The first-order chi connectivity index (χ1) is 8.79. The van der Waals surface area contributed by atoms with Gasteiger partial charge in [0, 0.05) is 12.1 Å². The van der Waals surface area contributed by atoms with Crippen molar-refractivity contribution >= 4 is 0 Å². The number of hydrogen-bond acceptors (Lipinski definition) is 4. The second kappa shape index (κ2) is 6.61. The van der Waals surface area contributed by atoms with Gasteiger partial charge < -0.3 is 20.5 Å². The normalized spacial score (nSPS) is 18.3. The highest BCUT2D eigenvalue weighted by molar-refractivity contribution is 5.32. The lowest BCUT2D eigenvalue weighted by Crippen LogP contribution is -2.41. The Morgan fingerprint density at radius 1 is 1.33 bits per heavy atom. The lowest BCUT2D eigenvalue weighted by molar-refractivity contribution is 0.219. The SMILES string of the molecule is COc1cccc(OCC(N)C2CCNCC2)c1. The summed E-state index contributed by atoms with van der Waals surface area (Å²) in [6, 6.07) is 7.75. The summed E-state index contributed by atoms with van der Waals surface area (Å²) in [5, 5.41) is 3.35. The van der Waals surface area contributed by atoms with Crippen LogP contribution in [0.25, 0.3) is 0 Å². The highest BCUT2D eigenvalue weighted by Gasteiger charge is 2.20. The van der Waals surface area contributed by atoms with Gasteiger partial charge in [0.25, 0.3) is 0 Å². The molecule has 18 heavy (non-hydrogen) atoms. The van der Waals surface area contributed by atoms with Gasteiger partial charge >= 0.3 is 0 Å². The first-order valence-corrected chi connectivity index (χ1v) is 6.53. The van der Waals surface area contributed by atoms with Crippen molar-refractivity contribution in [2.24, 2.45) is 11.7 Å². The average molecular weight is 250 g/mol. The molecule has 0 aliphatic carbocycles. The summed E-state index contributed by atoms with van der Waals surface area (Å²) in [7, 11) is 1.65. The molecule has 1 saturated heterocycles. The number of ether oxygens (including phenoxy) is 2. The standard InChI is InChI=1S/C14H22N2O2/c1-17-12-3-2-4-13(9-12)18-10-14(15)11-5-7-16-8-6-11/h2-4,9,11,14,16H,5-8,10,15H2,1H3. The van der Waals surface area contributed by atoms with E-state index in [0.29, 0.717) is 12.5 Å². The maximum atomic E-state index is 6.18. The second-order valence-electron chi connectivity index (χ2n) is 4.74. The summed E-state index contributed by atoms with van der Waals surface area (Å²) < 4.78 is 10.9. The van der Waals surface area contributed by atoms with Crippen molar-refractivity contribution in [2.45, 2.75) is 18.9 Å². The largest absolute Gasteiger partial charge is 0.497 e. The quantitative estimate of drug-likeness (QED) is 0.829. The van der Waals surface area contributed by atoms with E-state index in [0.717, 1.165) is 37.4 Å². The predicted molar refractivity (Wildman–Crippen MR) is 72.1 cm³/mol. The van der Waals surface area contributed by atoms with Crippen molar-refractivity contribution in [1.29, 1.82) is 0 Å². The monoisotopic (exact) mass is 250 g/mol. The average Bonchev–Trinajstić information content (AvgIpc) is 2.46. The molecule has 1 unspecified atom stereocenters. The predicted octanol–water partition coefficient (Wildman–Crippen LogP) is 1.40. The second-order valence-corrected chi connectivity index (χ2v) is 4.74. The number of methoxy groups -OCH3 is 1. The molecule has 1 aromatic rings. The van der Waals surface area contributed by atoms with Crippen LogP contribution in [0.3, 0.4) is 0 Å². The van der Waals surface area contributed by atoms with Crippen LogP contribution in [0.4, 0.5) is 0 Å². The van der Waals surface area contributed by atoms with E-state index in [1.165, 1.54) is 0 Å². The fourth-order valence-electron chi connectivity index (χ4n) is 2.29. The molecule has 2 rings (SSSR count). The zero-order valence-electron chi connectivity index (χ0n) is 10.9. The van der Waals surface area contributed by atoms with E-state index in [2.05, 4.69) is 5.32 Å². The minimum atomic E-state index is 0.110. The smallest absolute Gasteiger partial charge is 0.123 e. The third kappa shape index (κ3) is 3.62. The molecule has 0 spiro atoms. The van der Waals surface area contributed by atoms with Crippen molar-refractivity contribution in [1.82, 2.24) is 5.32 Å². The third-order valence-electron chi connectivity index (χ3n) is 3.47. The Kier molecular flexibility index (Phi) is 4.84. The Hall–Kier alpha value is -1.26. The van der Waals surface area contributed by atoms with Crippen molar-refractivity contribution in [2.75, 3.05) is 26.8 Å². The van der Waals surface area contributed by atoms with Crippen molar-refractivity contribution in [3.63, 3.8) is 0 Å². The Morgan fingerprint density at radius 3 is 2.78 bits per heavy atom. The molecular formula is C14H22N2O2. The molecule has 100 valence electrons. The van der Waals surface area contributed by atoms with Gasteiger partial charge in [-0.2, -0.15) is 0 Å². The Balaban J connectivity index is 1.82. The topological polar surface area (TPSA) is 56.5 Å². The van der Waals surface area contributed by atoms with E-state index in [1.54, 1.807) is 7.11 Å². The minimum absolute atomic E-state index is 0.110. The van der Waals surface area contributed by atoms with Crippen LogP contribution in [0.15, 0.2) is 24.3 Å². The molecule has 1 aromatic carbocycles. The van der Waals surface area contributed by atoms with Gasteiger partial charge in [-0.05, 0) is 44.0 Å². The number of benzene rings is 1. The van der Waals surface area contributed by atoms with Crippen LogP contribution >= 0.6 is 0 Å². The van der Waals surface area contributed by atoms with Crippen LogP contribution in [-0.4, -0.2) is 32.8 Å². The van der Waals surface area contributed by atoms with Gasteiger partial charge in [0.05, 0.1) is 7.11 Å². The maximum absolute atomic E-state index is 6.18. The van der Waals surface area contributed by atoms with E-state index in [1.807, 2.05) is 24.3 Å². The van der Waals surface area contributed by atoms with Gasteiger partial charge in [-0.15, -0.1) is 0 Å². The zero-order valence-corrected chi connectivity index (χ0v) is 10.9. The summed E-state index contributed by atoms with van der Waals surface area (Å²) in [6.45, 7) is 2.70. The highest BCUT2D eigenvalue weighted by Crippen LogP contribution is 2.20. The zero-order chi connectivity index (χ0) is 12.8. The summed E-state index contributed by atoms with van der Waals surface area (Å²) in [5.74, 6) is 2.19. The fourth-order valence-corrected chi connectivity index (χ4v) is 2.29. The Labute approximate surface area is 108 Å². The van der Waals surface area contributed by atoms with Gasteiger partial charge in [-0.3, -0.25) is 0 Å². The van der Waals surface area contributed by atoms with Gasteiger partial charge in [-0.25, -0.2) is 0 Å². The highest BCUT2D eigenvalue weighted by atomic mass is 16.5. The number of rotatable bonds is 5. The van der Waals surface area contributed by atoms with Crippen molar-refractivity contribution < 1.29 is 9.47 Å². The van der Waals surface area contributed by atoms with Crippen LogP contribution in [0, 0.1) is 5.92 Å². The van der Waals surface area contributed by atoms with Crippen LogP contribution < -0.4 is 20.5 Å². The van der Waals surface area contributed by atoms with Crippen molar-refractivity contribution in [3.05, 3.63) is 24.3 Å². The Bertz CT molecular complexity index is 365. The third-order valence-corrected chi connectivity index (χ3v) is 3.47. The minimum Gasteiger partial charge on any atom is -0.497 e. The lowest BCUT2D eigenvalue weighted by atomic mass is 9.91. The number of nitrogens with one attached hydrogen (secondary N) is 1. The molecule has 1 fully saturated rings. The molecule has 4 heteroatoms. The Morgan fingerprint density at radius 2 is 2.06 bits per heavy atom. The van der Waals surface area contributed by atoms with Gasteiger partial charge in [-0.1, -0.05) is 6.07 Å². The molecule has 1 aliphatic heterocycles.